The summed E-state index contributed by atoms with van der Waals surface area (Å²) >= 11 is 0. The Kier molecular flexibility index (Phi) is 4.12. The molecule has 0 amide bonds. The van der Waals surface area contributed by atoms with Crippen molar-refractivity contribution in [3.05, 3.63) is 52.6 Å². The highest BCUT2D eigenvalue weighted by Gasteiger charge is 2.07. The molecule has 0 radical (unpaired) electrons. The summed E-state index contributed by atoms with van der Waals surface area (Å²) in [5.41, 5.74) is 9.84. The fourth-order valence-corrected chi connectivity index (χ4v) is 2.11. The van der Waals surface area contributed by atoms with Crippen molar-refractivity contribution in [2.45, 2.75) is 26.8 Å². The molecule has 0 spiro atoms. The van der Waals surface area contributed by atoms with Crippen LogP contribution in [0.15, 0.2) is 24.3 Å². The maximum atomic E-state index is 5.69. The zero-order chi connectivity index (χ0) is 13.8. The number of methoxy groups -OCH3 is 1. The molecule has 100 valence electrons. The molecule has 4 nitrogen and oxygen atoms in total. The van der Waals surface area contributed by atoms with Gasteiger partial charge in [-0.2, -0.15) is 0 Å². The molecule has 0 fully saturated rings. The SMILES string of the molecule is COc1ccc(Cc2nc(C)c(CN)c(C)n2)cc1. The molecule has 19 heavy (non-hydrogen) atoms. The van der Waals surface area contributed by atoms with Crippen molar-refractivity contribution in [2.75, 3.05) is 7.11 Å². The second-order valence-electron chi connectivity index (χ2n) is 4.52. The van der Waals surface area contributed by atoms with Crippen LogP contribution in [0.5, 0.6) is 5.75 Å². The number of aromatic nitrogens is 2. The van der Waals surface area contributed by atoms with E-state index in [2.05, 4.69) is 9.97 Å². The number of hydrogen-bond acceptors (Lipinski definition) is 4. The topological polar surface area (TPSA) is 61.0 Å². The second-order valence-corrected chi connectivity index (χ2v) is 4.52. The van der Waals surface area contributed by atoms with Crippen LogP contribution < -0.4 is 10.5 Å². The van der Waals surface area contributed by atoms with Crippen LogP contribution in [-0.2, 0) is 13.0 Å². The first-order valence-electron chi connectivity index (χ1n) is 6.30. The standard InChI is InChI=1S/C15H19N3O/c1-10-14(9-16)11(2)18-15(17-10)8-12-4-6-13(19-3)7-5-12/h4-7H,8-9,16H2,1-3H3. The summed E-state index contributed by atoms with van der Waals surface area (Å²) < 4.78 is 5.14. The third kappa shape index (κ3) is 3.09. The molecule has 2 N–H and O–H groups in total. The third-order valence-corrected chi connectivity index (χ3v) is 3.19. The Labute approximate surface area is 113 Å². The quantitative estimate of drug-likeness (QED) is 0.911. The summed E-state index contributed by atoms with van der Waals surface area (Å²) in [4.78, 5) is 9.04. The molecule has 1 heterocycles. The molecule has 0 unspecified atom stereocenters. The van der Waals surface area contributed by atoms with Crippen LogP contribution >= 0.6 is 0 Å². The van der Waals surface area contributed by atoms with Crippen LogP contribution in [0.25, 0.3) is 0 Å². The number of nitrogens with zero attached hydrogens (tertiary/aromatic N) is 2. The van der Waals surface area contributed by atoms with E-state index in [1.54, 1.807) is 7.11 Å². The number of nitrogens with two attached hydrogens (primary N) is 1. The normalized spacial score (nSPS) is 10.5. The molecule has 0 saturated carbocycles. The van der Waals surface area contributed by atoms with Crippen molar-refractivity contribution in [3.63, 3.8) is 0 Å². The lowest BCUT2D eigenvalue weighted by molar-refractivity contribution is 0.414. The van der Waals surface area contributed by atoms with E-state index < -0.39 is 0 Å². The van der Waals surface area contributed by atoms with Gasteiger partial charge in [-0.3, -0.25) is 0 Å². The summed E-state index contributed by atoms with van der Waals surface area (Å²) in [6.45, 7) is 4.45. The van der Waals surface area contributed by atoms with Gasteiger partial charge in [0.05, 0.1) is 7.11 Å². The highest BCUT2D eigenvalue weighted by Crippen LogP contribution is 2.15. The van der Waals surface area contributed by atoms with Gasteiger partial charge >= 0.3 is 0 Å². The predicted molar refractivity (Wildman–Crippen MR) is 75.2 cm³/mol. The summed E-state index contributed by atoms with van der Waals surface area (Å²) in [6, 6.07) is 7.96. The van der Waals surface area contributed by atoms with Crippen LogP contribution in [0.4, 0.5) is 0 Å². The van der Waals surface area contributed by atoms with Crippen molar-refractivity contribution in [3.8, 4) is 5.75 Å². The van der Waals surface area contributed by atoms with Crippen molar-refractivity contribution < 1.29 is 4.74 Å². The Morgan fingerprint density at radius 3 is 2.11 bits per heavy atom. The molecule has 4 heteroatoms. The second kappa shape index (κ2) is 5.80. The smallest absolute Gasteiger partial charge is 0.133 e. The first-order valence-corrected chi connectivity index (χ1v) is 6.30. The summed E-state index contributed by atoms with van der Waals surface area (Å²) in [6.07, 6.45) is 0.719. The number of rotatable bonds is 4. The lowest BCUT2D eigenvalue weighted by Gasteiger charge is -2.09. The minimum atomic E-state index is 0.487. The Bertz CT molecular complexity index is 541. The minimum absolute atomic E-state index is 0.487. The van der Waals surface area contributed by atoms with Crippen LogP contribution in [0, 0.1) is 13.8 Å². The number of ether oxygens (including phenoxy) is 1. The van der Waals surface area contributed by atoms with E-state index >= 15 is 0 Å². The molecule has 0 atom stereocenters. The fourth-order valence-electron chi connectivity index (χ4n) is 2.11. The molecule has 0 aliphatic carbocycles. The summed E-state index contributed by atoms with van der Waals surface area (Å²) in [5, 5.41) is 0. The summed E-state index contributed by atoms with van der Waals surface area (Å²) in [7, 11) is 1.66. The minimum Gasteiger partial charge on any atom is -0.497 e. The Balaban J connectivity index is 2.23. The molecule has 1 aromatic heterocycles. The van der Waals surface area contributed by atoms with Gasteiger partial charge in [0.2, 0.25) is 0 Å². The van der Waals surface area contributed by atoms with Gasteiger partial charge in [-0.15, -0.1) is 0 Å². The molecule has 0 aliphatic rings. The third-order valence-electron chi connectivity index (χ3n) is 3.19. The maximum Gasteiger partial charge on any atom is 0.133 e. The van der Waals surface area contributed by atoms with Gasteiger partial charge in [0.25, 0.3) is 0 Å². The maximum absolute atomic E-state index is 5.69. The van der Waals surface area contributed by atoms with Gasteiger partial charge in [-0.1, -0.05) is 12.1 Å². The highest BCUT2D eigenvalue weighted by molar-refractivity contribution is 5.30. The van der Waals surface area contributed by atoms with Gasteiger partial charge in [-0.05, 0) is 31.5 Å². The van der Waals surface area contributed by atoms with Crippen LogP contribution in [0.3, 0.4) is 0 Å². The number of hydrogen-bond donors (Lipinski definition) is 1. The lowest BCUT2D eigenvalue weighted by Crippen LogP contribution is -2.09. The molecule has 0 aliphatic heterocycles. The highest BCUT2D eigenvalue weighted by atomic mass is 16.5. The van der Waals surface area contributed by atoms with Crippen LogP contribution in [-0.4, -0.2) is 17.1 Å². The predicted octanol–water partition coefficient (Wildman–Crippen LogP) is 2.15. The van der Waals surface area contributed by atoms with Gasteiger partial charge < -0.3 is 10.5 Å². The number of benzene rings is 1. The fraction of sp³-hybridized carbons (Fsp3) is 0.333. The van der Waals surface area contributed by atoms with E-state index in [4.69, 9.17) is 10.5 Å². The van der Waals surface area contributed by atoms with E-state index in [-0.39, 0.29) is 0 Å². The Morgan fingerprint density at radius 2 is 1.63 bits per heavy atom. The van der Waals surface area contributed by atoms with E-state index in [1.807, 2.05) is 38.1 Å². The molecular formula is C15H19N3O. The lowest BCUT2D eigenvalue weighted by atomic mass is 10.1. The largest absolute Gasteiger partial charge is 0.497 e. The number of aryl methyl sites for hydroxylation is 2. The van der Waals surface area contributed by atoms with Gasteiger partial charge in [0, 0.05) is 29.9 Å². The van der Waals surface area contributed by atoms with E-state index in [0.717, 1.165) is 34.9 Å². The van der Waals surface area contributed by atoms with Gasteiger partial charge in [-0.25, -0.2) is 9.97 Å². The van der Waals surface area contributed by atoms with Gasteiger partial charge in [0.1, 0.15) is 11.6 Å². The first kappa shape index (κ1) is 13.5. The van der Waals surface area contributed by atoms with Crippen LogP contribution in [0.2, 0.25) is 0 Å². The summed E-state index contributed by atoms with van der Waals surface area (Å²) in [5.74, 6) is 1.69. The average molecular weight is 257 g/mol. The van der Waals surface area contributed by atoms with Crippen molar-refractivity contribution in [1.29, 1.82) is 0 Å². The molecular weight excluding hydrogens is 238 g/mol. The molecule has 1 aromatic carbocycles. The zero-order valence-corrected chi connectivity index (χ0v) is 11.6. The van der Waals surface area contributed by atoms with E-state index in [0.29, 0.717) is 6.54 Å². The Morgan fingerprint density at radius 1 is 1.05 bits per heavy atom. The zero-order valence-electron chi connectivity index (χ0n) is 11.6. The molecule has 0 bridgehead atoms. The van der Waals surface area contributed by atoms with Gasteiger partial charge in [0.15, 0.2) is 0 Å². The molecule has 2 rings (SSSR count). The average Bonchev–Trinajstić information content (AvgIpc) is 2.39. The molecule has 0 saturated heterocycles. The van der Waals surface area contributed by atoms with E-state index in [1.165, 1.54) is 5.56 Å². The van der Waals surface area contributed by atoms with E-state index in [9.17, 15) is 0 Å². The molecule has 2 aromatic rings. The Hall–Kier alpha value is -1.94. The monoisotopic (exact) mass is 257 g/mol. The first-order chi connectivity index (χ1) is 9.13. The van der Waals surface area contributed by atoms with Crippen molar-refractivity contribution in [1.82, 2.24) is 9.97 Å². The van der Waals surface area contributed by atoms with Crippen LogP contribution in [0.1, 0.15) is 28.3 Å². The van der Waals surface area contributed by atoms with Crippen molar-refractivity contribution >= 4 is 0 Å². The van der Waals surface area contributed by atoms with Crippen molar-refractivity contribution in [2.24, 2.45) is 5.73 Å².